The number of benzene rings is 2. The molecule has 130 valence electrons. The Labute approximate surface area is 191 Å². The van der Waals surface area contributed by atoms with Crippen LogP contribution in [0.1, 0.15) is 38.2 Å². The fourth-order valence-electron chi connectivity index (χ4n) is 2.42. The predicted molar refractivity (Wildman–Crippen MR) is 90.1 cm³/mol. The molecular weight excluding hydrogens is 367 g/mol. The number of hydrogen-bond donors (Lipinski definition) is 1. The molecule has 2 aromatic carbocycles. The summed E-state index contributed by atoms with van der Waals surface area (Å²) in [5.74, 6) is 0.0943. The van der Waals surface area contributed by atoms with Crippen LogP contribution in [0.2, 0.25) is 0 Å². The molecule has 0 unspecified atom stereocenters. The third-order valence-electron chi connectivity index (χ3n) is 3.69. The van der Waals surface area contributed by atoms with Crippen LogP contribution in [-0.4, -0.2) is 13.0 Å². The summed E-state index contributed by atoms with van der Waals surface area (Å²) in [6.07, 6.45) is 5.08. The van der Waals surface area contributed by atoms with E-state index in [9.17, 15) is 18.1 Å². The van der Waals surface area contributed by atoms with Gasteiger partial charge in [-0.05, 0) is 37.1 Å². The minimum Gasteiger partial charge on any atom is -0.872 e. The summed E-state index contributed by atoms with van der Waals surface area (Å²) in [6.45, 7) is 2.13. The van der Waals surface area contributed by atoms with Gasteiger partial charge >= 0.3 is 51.4 Å². The average Bonchev–Trinajstić information content (AvgIpc) is 2.53. The van der Waals surface area contributed by atoms with Gasteiger partial charge in [0.05, 0.1) is 0 Å². The molecule has 0 aliphatic rings. The SMILES string of the molecule is CCCCCCc1ccc(Oc2ccccc2S(=O)(=O)O)cc1[O-].[K+]. The van der Waals surface area contributed by atoms with E-state index < -0.39 is 10.1 Å². The number of hydrogen-bond acceptors (Lipinski definition) is 4. The molecule has 0 aromatic heterocycles. The first kappa shape index (κ1) is 22.6. The van der Waals surface area contributed by atoms with Crippen molar-refractivity contribution in [3.8, 4) is 17.2 Å². The van der Waals surface area contributed by atoms with Crippen molar-refractivity contribution in [1.29, 1.82) is 0 Å². The van der Waals surface area contributed by atoms with Crippen molar-refractivity contribution in [1.82, 2.24) is 0 Å². The molecule has 0 heterocycles. The van der Waals surface area contributed by atoms with Gasteiger partial charge in [-0.25, -0.2) is 0 Å². The zero-order chi connectivity index (χ0) is 17.6. The van der Waals surface area contributed by atoms with Gasteiger partial charge in [0.25, 0.3) is 10.1 Å². The zero-order valence-electron chi connectivity index (χ0n) is 14.6. The molecule has 0 atom stereocenters. The van der Waals surface area contributed by atoms with E-state index in [1.165, 1.54) is 24.3 Å². The Morgan fingerprint density at radius 1 is 1.08 bits per heavy atom. The van der Waals surface area contributed by atoms with Gasteiger partial charge in [-0.3, -0.25) is 4.55 Å². The first-order chi connectivity index (χ1) is 11.4. The topological polar surface area (TPSA) is 86.7 Å². The van der Waals surface area contributed by atoms with E-state index in [1.807, 2.05) is 0 Å². The molecule has 7 heteroatoms. The van der Waals surface area contributed by atoms with Crippen LogP contribution in [0.3, 0.4) is 0 Å². The van der Waals surface area contributed by atoms with E-state index >= 15 is 0 Å². The third kappa shape index (κ3) is 7.01. The molecule has 0 aliphatic heterocycles. The summed E-state index contributed by atoms with van der Waals surface area (Å²) >= 11 is 0. The Bertz CT molecular complexity index is 790. The first-order valence-corrected chi connectivity index (χ1v) is 9.40. The molecule has 1 N–H and O–H groups in total. The quantitative estimate of drug-likeness (QED) is 0.413. The van der Waals surface area contributed by atoms with E-state index in [0.717, 1.165) is 37.7 Å². The van der Waals surface area contributed by atoms with Crippen LogP contribution in [-0.2, 0) is 16.5 Å². The predicted octanol–water partition coefficient (Wildman–Crippen LogP) is 0.926. The molecule has 0 aliphatic carbocycles. The second kappa shape index (κ2) is 10.7. The Balaban J connectivity index is 0.00000312. The number of aryl methyl sites for hydroxylation is 1. The summed E-state index contributed by atoms with van der Waals surface area (Å²) in [4.78, 5) is -0.332. The van der Waals surface area contributed by atoms with E-state index in [2.05, 4.69) is 6.92 Å². The van der Waals surface area contributed by atoms with Gasteiger partial charge in [-0.1, -0.05) is 49.9 Å². The van der Waals surface area contributed by atoms with Crippen molar-refractivity contribution in [2.24, 2.45) is 0 Å². The van der Waals surface area contributed by atoms with E-state index in [-0.39, 0.29) is 73.5 Å². The maximum absolute atomic E-state index is 12.1. The van der Waals surface area contributed by atoms with Crippen LogP contribution in [0.25, 0.3) is 0 Å². The Morgan fingerprint density at radius 3 is 2.44 bits per heavy atom. The number of rotatable bonds is 8. The van der Waals surface area contributed by atoms with Gasteiger partial charge in [-0.2, -0.15) is 8.42 Å². The Hall–Kier alpha value is -0.414. The van der Waals surface area contributed by atoms with Crippen molar-refractivity contribution in [2.75, 3.05) is 0 Å². The fraction of sp³-hybridized carbons (Fsp3) is 0.333. The molecule has 0 radical (unpaired) electrons. The van der Waals surface area contributed by atoms with E-state index in [4.69, 9.17) is 4.74 Å². The van der Waals surface area contributed by atoms with Gasteiger partial charge in [0.15, 0.2) is 0 Å². The number of ether oxygens (including phenoxy) is 1. The van der Waals surface area contributed by atoms with Crippen LogP contribution < -0.4 is 61.2 Å². The molecule has 0 spiro atoms. The molecule has 0 fully saturated rings. The van der Waals surface area contributed by atoms with Crippen LogP contribution >= 0.6 is 0 Å². The number of unbranched alkanes of at least 4 members (excludes halogenated alkanes) is 3. The van der Waals surface area contributed by atoms with Crippen LogP contribution in [0, 0.1) is 0 Å². The molecule has 2 aromatic rings. The minimum atomic E-state index is -4.39. The Morgan fingerprint density at radius 2 is 1.80 bits per heavy atom. The van der Waals surface area contributed by atoms with Gasteiger partial charge in [0, 0.05) is 0 Å². The standard InChI is InChI=1S/C18H22O5S.K/c1-2-3-4-5-8-14-11-12-15(13-16(14)19)23-17-9-6-7-10-18(17)24(20,21)22;/h6-7,9-13,19H,2-5,8H2,1H3,(H,20,21,22);/q;+1/p-1. The van der Waals surface area contributed by atoms with Crippen molar-refractivity contribution in [3.63, 3.8) is 0 Å². The molecule has 25 heavy (non-hydrogen) atoms. The van der Waals surface area contributed by atoms with Crippen LogP contribution in [0.5, 0.6) is 17.2 Å². The maximum Gasteiger partial charge on any atom is 1.00 e. The monoisotopic (exact) mass is 388 g/mol. The van der Waals surface area contributed by atoms with Gasteiger partial charge in [-0.15, -0.1) is 5.75 Å². The summed E-state index contributed by atoms with van der Waals surface area (Å²) < 4.78 is 37.4. The largest absolute Gasteiger partial charge is 1.00 e. The molecule has 0 saturated carbocycles. The minimum absolute atomic E-state index is 0. The zero-order valence-corrected chi connectivity index (χ0v) is 18.5. The second-order valence-corrected chi connectivity index (χ2v) is 6.99. The molecule has 0 amide bonds. The first-order valence-electron chi connectivity index (χ1n) is 7.96. The van der Waals surface area contributed by atoms with Crippen LogP contribution in [0.4, 0.5) is 0 Å². The van der Waals surface area contributed by atoms with Gasteiger partial charge < -0.3 is 9.84 Å². The van der Waals surface area contributed by atoms with Crippen LogP contribution in [0.15, 0.2) is 47.4 Å². The number of para-hydroxylation sites is 1. The normalized spacial score (nSPS) is 11.0. The van der Waals surface area contributed by atoms with E-state index in [0.29, 0.717) is 0 Å². The summed E-state index contributed by atoms with van der Waals surface area (Å²) in [5, 5.41) is 12.1. The van der Waals surface area contributed by atoms with Crippen molar-refractivity contribution in [3.05, 3.63) is 48.0 Å². The average molecular weight is 389 g/mol. The maximum atomic E-state index is 12.1. The molecule has 0 saturated heterocycles. The second-order valence-electron chi connectivity index (χ2n) is 5.60. The molecule has 2 rings (SSSR count). The van der Waals surface area contributed by atoms with Crippen molar-refractivity contribution >= 4 is 10.1 Å². The molecular formula is C18H21KO5S. The summed E-state index contributed by atoms with van der Waals surface area (Å²) in [5.41, 5.74) is 0.724. The van der Waals surface area contributed by atoms with Crippen molar-refractivity contribution < 1.29 is 74.2 Å². The molecule has 5 nitrogen and oxygen atoms in total. The van der Waals surface area contributed by atoms with Crippen molar-refractivity contribution in [2.45, 2.75) is 43.9 Å². The van der Waals surface area contributed by atoms with Gasteiger partial charge in [0.1, 0.15) is 16.4 Å². The molecule has 0 bridgehead atoms. The summed E-state index contributed by atoms with van der Waals surface area (Å²) in [6, 6.07) is 10.4. The van der Waals surface area contributed by atoms with E-state index in [1.54, 1.807) is 18.2 Å². The van der Waals surface area contributed by atoms with Gasteiger partial charge in [0.2, 0.25) is 0 Å². The summed E-state index contributed by atoms with van der Waals surface area (Å²) in [7, 11) is -4.39. The smallest absolute Gasteiger partial charge is 0.872 e. The Kier molecular flexibility index (Phi) is 9.65. The fourth-order valence-corrected chi connectivity index (χ4v) is 3.04. The third-order valence-corrected chi connectivity index (χ3v) is 4.59.